The first-order valence-corrected chi connectivity index (χ1v) is 13.6. The lowest BCUT2D eigenvalue weighted by Gasteiger charge is -2.28. The van der Waals surface area contributed by atoms with Crippen LogP contribution in [0.15, 0.2) is 30.0 Å². The van der Waals surface area contributed by atoms with E-state index in [2.05, 4.69) is 5.32 Å². The van der Waals surface area contributed by atoms with Crippen LogP contribution in [0.2, 0.25) is 0 Å². The Balaban J connectivity index is 2.33. The Morgan fingerprint density at radius 2 is 1.82 bits per heavy atom. The smallest absolute Gasteiger partial charge is 0.444 e. The predicted molar refractivity (Wildman–Crippen MR) is 133 cm³/mol. The summed E-state index contributed by atoms with van der Waals surface area (Å²) < 4.78 is 82.2. The van der Waals surface area contributed by atoms with E-state index in [9.17, 15) is 35.6 Å². The molecule has 9 nitrogen and oxygen atoms in total. The summed E-state index contributed by atoms with van der Waals surface area (Å²) >= 11 is 0. The second-order valence-corrected chi connectivity index (χ2v) is 12.4. The zero-order valence-corrected chi connectivity index (χ0v) is 22.2. The summed E-state index contributed by atoms with van der Waals surface area (Å²) in [5, 5.41) is 7.42. The summed E-state index contributed by atoms with van der Waals surface area (Å²) in [5.74, 6) is -1.92. The number of ether oxygens (including phenoxy) is 1. The van der Waals surface area contributed by atoms with Crippen LogP contribution in [0.3, 0.4) is 0 Å². The van der Waals surface area contributed by atoms with Gasteiger partial charge < -0.3 is 15.4 Å². The predicted octanol–water partition coefficient (Wildman–Crippen LogP) is 2.32. The van der Waals surface area contributed by atoms with Gasteiger partial charge in [0, 0.05) is 18.2 Å². The zero-order chi connectivity index (χ0) is 28.9. The maximum absolute atomic E-state index is 14.9. The Morgan fingerprint density at radius 1 is 1.21 bits per heavy atom. The number of carbonyl (C=O) groups excluding carboxylic acids is 2. The number of hydrogen-bond acceptors (Lipinski definition) is 6. The molecule has 2 amide bonds. The fourth-order valence-electron chi connectivity index (χ4n) is 3.75. The van der Waals surface area contributed by atoms with Crippen molar-refractivity contribution < 1.29 is 45.7 Å². The third kappa shape index (κ3) is 9.62. The molecule has 1 aliphatic rings. The Labute approximate surface area is 218 Å². The number of halogens is 4. The lowest BCUT2D eigenvalue weighted by Crippen LogP contribution is -2.48. The van der Waals surface area contributed by atoms with Crippen LogP contribution in [0.1, 0.15) is 45.6 Å². The Kier molecular flexibility index (Phi) is 9.92. The number of anilines is 1. The highest BCUT2D eigenvalue weighted by Gasteiger charge is 2.39. The molecule has 0 aliphatic carbocycles. The monoisotopic (exact) mass is 565 g/mol. The molecule has 0 aromatic heterocycles. The second kappa shape index (κ2) is 12.1. The van der Waals surface area contributed by atoms with Crippen molar-refractivity contribution in [1.29, 1.82) is 0 Å². The average Bonchev–Trinajstić information content (AvgIpc) is 2.76. The van der Waals surface area contributed by atoms with Gasteiger partial charge in [0.05, 0.1) is 23.7 Å². The maximum Gasteiger partial charge on any atom is 0.476 e. The molecule has 1 aromatic rings. The summed E-state index contributed by atoms with van der Waals surface area (Å²) in [6, 6.07) is 3.80. The van der Waals surface area contributed by atoms with E-state index in [4.69, 9.17) is 15.9 Å². The molecule has 1 aromatic carbocycles. The van der Waals surface area contributed by atoms with Crippen molar-refractivity contribution in [1.82, 2.24) is 4.90 Å². The third-order valence-corrected chi connectivity index (χ3v) is 7.47. The largest absolute Gasteiger partial charge is 0.476 e. The molecule has 14 heteroatoms. The normalized spacial score (nSPS) is 16.6. The molecule has 1 saturated heterocycles. The quantitative estimate of drug-likeness (QED) is 0.251. The zero-order valence-electron chi connectivity index (χ0n) is 21.4. The van der Waals surface area contributed by atoms with E-state index >= 15 is 0 Å². The Bertz CT molecular complexity index is 1180. The number of nitrogens with one attached hydrogen (secondary N) is 1. The van der Waals surface area contributed by atoms with E-state index in [1.165, 1.54) is 12.1 Å². The molecule has 1 heterocycles. The van der Waals surface area contributed by atoms with Crippen molar-refractivity contribution >= 4 is 33.2 Å². The second-order valence-electron chi connectivity index (χ2n) is 10.1. The van der Waals surface area contributed by atoms with Gasteiger partial charge in [-0.25, -0.2) is 17.6 Å². The molecule has 2 rings (SSSR count). The first-order chi connectivity index (χ1) is 17.4. The number of allylic oxidation sites excluding steroid dienone is 1. The minimum Gasteiger partial charge on any atom is -0.444 e. The van der Waals surface area contributed by atoms with Crippen LogP contribution in [-0.4, -0.2) is 60.9 Å². The highest BCUT2D eigenvalue weighted by molar-refractivity contribution is 7.91. The number of nitrogens with zero attached hydrogens (tertiary/aromatic N) is 1. The van der Waals surface area contributed by atoms with Crippen LogP contribution in [0.4, 0.5) is 28.0 Å². The van der Waals surface area contributed by atoms with Gasteiger partial charge >= 0.3 is 12.3 Å². The van der Waals surface area contributed by atoms with Gasteiger partial charge in [0.2, 0.25) is 0 Å². The molecule has 212 valence electrons. The molecule has 1 fully saturated rings. The summed E-state index contributed by atoms with van der Waals surface area (Å²) in [6.07, 6.45) is -4.48. The molecule has 5 N–H and O–H groups in total. The van der Waals surface area contributed by atoms with Crippen LogP contribution in [-0.2, 0) is 25.9 Å². The maximum atomic E-state index is 14.9. The van der Waals surface area contributed by atoms with E-state index in [1.807, 2.05) is 0 Å². The summed E-state index contributed by atoms with van der Waals surface area (Å²) in [7, 11) is -3.13. The molecule has 0 radical (unpaired) electrons. The molecular formula is C24H33F4N4O5S+. The standard InChI is InChI=1S/C24H32F4N4O5S/c1-23(2,3)37-22(34)31-19-6-4-5-17(25)16(19)14-32(10-7-15-8-11-38(35,36)12-9-15)21(33)18(29)13-20(30)24(26,27)28/h4-6,13,15,30H,7-12,14,29H2,1-3H3,(H,31,34)/p+1/b18-13-,30-20?. The van der Waals surface area contributed by atoms with Crippen molar-refractivity contribution in [3.8, 4) is 0 Å². The van der Waals surface area contributed by atoms with E-state index < -0.39 is 57.4 Å². The van der Waals surface area contributed by atoms with Gasteiger partial charge in [-0.05, 0) is 58.1 Å². The molecule has 0 atom stereocenters. The molecular weight excluding hydrogens is 532 g/mol. The topological polar surface area (TPSA) is 144 Å². The van der Waals surface area contributed by atoms with Crippen molar-refractivity contribution in [2.75, 3.05) is 23.4 Å². The molecule has 38 heavy (non-hydrogen) atoms. The summed E-state index contributed by atoms with van der Waals surface area (Å²) in [5.41, 5.74) is 2.26. The fraction of sp³-hybridized carbons (Fsp3) is 0.542. The first kappa shape index (κ1) is 31.1. The molecule has 0 unspecified atom stereocenters. The highest BCUT2D eigenvalue weighted by Crippen LogP contribution is 2.26. The van der Waals surface area contributed by atoms with Crippen LogP contribution in [0, 0.1) is 11.7 Å². The number of alkyl halides is 3. The molecule has 0 saturated carbocycles. The molecule has 1 aliphatic heterocycles. The highest BCUT2D eigenvalue weighted by atomic mass is 32.2. The number of nitrogens with two attached hydrogens (primary N) is 2. The van der Waals surface area contributed by atoms with Gasteiger partial charge in [-0.3, -0.25) is 15.5 Å². The van der Waals surface area contributed by atoms with Crippen LogP contribution in [0.25, 0.3) is 0 Å². The van der Waals surface area contributed by atoms with E-state index in [0.717, 1.165) is 11.0 Å². The van der Waals surface area contributed by atoms with E-state index in [0.29, 0.717) is 25.3 Å². The lowest BCUT2D eigenvalue weighted by atomic mass is 9.98. The van der Waals surface area contributed by atoms with Crippen molar-refractivity contribution in [2.45, 2.75) is 58.4 Å². The minimum atomic E-state index is -4.92. The number of benzene rings is 1. The average molecular weight is 566 g/mol. The molecule has 0 bridgehead atoms. The van der Waals surface area contributed by atoms with Gasteiger partial charge in [-0.1, -0.05) is 6.07 Å². The minimum absolute atomic E-state index is 0.00951. The van der Waals surface area contributed by atoms with E-state index in [1.54, 1.807) is 20.8 Å². The number of amides is 2. The third-order valence-electron chi connectivity index (χ3n) is 5.76. The van der Waals surface area contributed by atoms with Gasteiger partial charge in [0.15, 0.2) is 0 Å². The van der Waals surface area contributed by atoms with Crippen LogP contribution < -0.4 is 16.5 Å². The lowest BCUT2D eigenvalue weighted by molar-refractivity contribution is -0.165. The van der Waals surface area contributed by atoms with E-state index in [-0.39, 0.29) is 35.2 Å². The van der Waals surface area contributed by atoms with Gasteiger partial charge in [-0.2, -0.15) is 13.2 Å². The number of sulfone groups is 1. The number of rotatable bonds is 8. The van der Waals surface area contributed by atoms with Crippen molar-refractivity contribution in [3.63, 3.8) is 0 Å². The molecule has 0 spiro atoms. The van der Waals surface area contributed by atoms with Crippen LogP contribution in [0.5, 0.6) is 0 Å². The fourth-order valence-corrected chi connectivity index (χ4v) is 5.34. The SMILES string of the molecule is CC(C)(C)OC(=O)Nc1cccc(F)c1CN(CCC1CCS(=O)(=O)CC1)C(=O)/C(N)=C/C(=[NH2+])C(F)(F)F. The first-order valence-electron chi connectivity index (χ1n) is 11.8. The van der Waals surface area contributed by atoms with Crippen LogP contribution >= 0.6 is 0 Å². The van der Waals surface area contributed by atoms with Crippen molar-refractivity contribution in [3.05, 3.63) is 41.4 Å². The number of carbonyl (C=O) groups is 2. The number of hydrogen-bond donors (Lipinski definition) is 3. The summed E-state index contributed by atoms with van der Waals surface area (Å²) in [6.45, 7) is 4.38. The van der Waals surface area contributed by atoms with Crippen molar-refractivity contribution in [2.24, 2.45) is 11.7 Å². The van der Waals surface area contributed by atoms with Gasteiger partial charge in [-0.15, -0.1) is 0 Å². The Morgan fingerprint density at radius 3 is 2.37 bits per heavy atom. The Hall–Kier alpha value is -3.16. The van der Waals surface area contributed by atoms with Gasteiger partial charge in [0.1, 0.15) is 27.0 Å². The van der Waals surface area contributed by atoms with Gasteiger partial charge in [0.25, 0.3) is 11.6 Å². The summed E-state index contributed by atoms with van der Waals surface area (Å²) in [4.78, 5) is 26.4.